The van der Waals surface area contributed by atoms with E-state index in [1.165, 1.54) is 17.9 Å². The fourth-order valence-electron chi connectivity index (χ4n) is 3.74. The molecular formula is C23H27N3O7. The van der Waals surface area contributed by atoms with E-state index in [2.05, 4.69) is 10.3 Å². The van der Waals surface area contributed by atoms with Gasteiger partial charge in [-0.3, -0.25) is 9.69 Å². The zero-order chi connectivity index (χ0) is 24.3. The molecule has 0 spiro atoms. The number of nitrogens with zero attached hydrogens (tertiary/aromatic N) is 2. The number of carbonyl (C=O) groups is 3. The monoisotopic (exact) mass is 457 g/mol. The van der Waals surface area contributed by atoms with Crippen LogP contribution in [0.2, 0.25) is 0 Å². The van der Waals surface area contributed by atoms with Crippen molar-refractivity contribution in [1.29, 1.82) is 0 Å². The molecule has 2 aromatic rings. The predicted molar refractivity (Wildman–Crippen MR) is 117 cm³/mol. The summed E-state index contributed by atoms with van der Waals surface area (Å²) >= 11 is 0. The van der Waals surface area contributed by atoms with E-state index in [4.69, 9.17) is 13.9 Å². The molecule has 0 unspecified atom stereocenters. The predicted octanol–water partition coefficient (Wildman–Crippen LogP) is 3.32. The number of hydrogen-bond acceptors (Lipinski definition) is 7. The SMILES string of the molecule is C/C=C(\NC(=O)[C@@H]1[C@@H](C)OC(C)(C)N1C(=O)OCc1ccccc1)c1nc(C(=O)O)c(C)o1. The molecule has 33 heavy (non-hydrogen) atoms. The van der Waals surface area contributed by atoms with Crippen molar-refractivity contribution in [2.45, 2.75) is 59.1 Å². The molecule has 2 amide bonds. The highest BCUT2D eigenvalue weighted by molar-refractivity contribution is 5.93. The molecule has 2 heterocycles. The van der Waals surface area contributed by atoms with E-state index in [1.54, 1.807) is 27.7 Å². The fraction of sp³-hybridized carbons (Fsp3) is 0.391. The van der Waals surface area contributed by atoms with Gasteiger partial charge in [0.1, 0.15) is 24.1 Å². The van der Waals surface area contributed by atoms with Gasteiger partial charge in [-0.05, 0) is 40.2 Å². The Morgan fingerprint density at radius 3 is 2.52 bits per heavy atom. The molecule has 1 fully saturated rings. The van der Waals surface area contributed by atoms with Gasteiger partial charge in [0.25, 0.3) is 0 Å². The number of carbonyl (C=O) groups excluding carboxylic acids is 2. The second kappa shape index (κ2) is 9.45. The van der Waals surface area contributed by atoms with Crippen molar-refractivity contribution in [3.8, 4) is 0 Å². The van der Waals surface area contributed by atoms with Crippen molar-refractivity contribution >= 4 is 23.7 Å². The van der Waals surface area contributed by atoms with Crippen LogP contribution in [0.25, 0.3) is 5.70 Å². The summed E-state index contributed by atoms with van der Waals surface area (Å²) in [5.41, 5.74) is -0.363. The van der Waals surface area contributed by atoms with Crippen LogP contribution in [-0.2, 0) is 20.9 Å². The smallest absolute Gasteiger partial charge is 0.413 e. The first kappa shape index (κ1) is 24.0. The second-order valence-electron chi connectivity index (χ2n) is 8.05. The molecule has 2 N–H and O–H groups in total. The van der Waals surface area contributed by atoms with E-state index in [-0.39, 0.29) is 29.6 Å². The van der Waals surface area contributed by atoms with Gasteiger partial charge in [0, 0.05) is 0 Å². The molecule has 0 bridgehead atoms. The van der Waals surface area contributed by atoms with Crippen LogP contribution in [0.1, 0.15) is 55.4 Å². The van der Waals surface area contributed by atoms with Crippen LogP contribution in [-0.4, -0.2) is 50.8 Å². The molecule has 0 radical (unpaired) electrons. The molecular weight excluding hydrogens is 430 g/mol. The highest BCUT2D eigenvalue weighted by atomic mass is 16.6. The van der Waals surface area contributed by atoms with Crippen LogP contribution in [0.4, 0.5) is 4.79 Å². The Morgan fingerprint density at radius 1 is 1.27 bits per heavy atom. The Morgan fingerprint density at radius 2 is 1.94 bits per heavy atom. The Labute approximate surface area is 191 Å². The van der Waals surface area contributed by atoms with Crippen LogP contribution in [0.3, 0.4) is 0 Å². The highest BCUT2D eigenvalue weighted by Crippen LogP contribution is 2.33. The van der Waals surface area contributed by atoms with Gasteiger partial charge in [0.15, 0.2) is 5.69 Å². The molecule has 3 rings (SSSR count). The maximum absolute atomic E-state index is 13.2. The van der Waals surface area contributed by atoms with Gasteiger partial charge in [-0.2, -0.15) is 0 Å². The number of benzene rings is 1. The van der Waals surface area contributed by atoms with Crippen molar-refractivity contribution in [3.05, 3.63) is 59.3 Å². The molecule has 1 aliphatic rings. The average molecular weight is 457 g/mol. The third-order valence-electron chi connectivity index (χ3n) is 5.22. The van der Waals surface area contributed by atoms with Crippen molar-refractivity contribution < 1.29 is 33.4 Å². The first-order valence-corrected chi connectivity index (χ1v) is 10.4. The lowest BCUT2D eigenvalue weighted by Crippen LogP contribution is -2.54. The number of aryl methyl sites for hydroxylation is 1. The molecule has 2 atom stereocenters. The number of carboxylic acid groups (broad SMARTS) is 1. The van der Waals surface area contributed by atoms with Gasteiger partial charge in [-0.1, -0.05) is 36.4 Å². The summed E-state index contributed by atoms with van der Waals surface area (Å²) in [7, 11) is 0. The summed E-state index contributed by atoms with van der Waals surface area (Å²) < 4.78 is 16.7. The number of aromatic nitrogens is 1. The largest absolute Gasteiger partial charge is 0.476 e. The molecule has 10 nitrogen and oxygen atoms in total. The second-order valence-corrected chi connectivity index (χ2v) is 8.05. The van der Waals surface area contributed by atoms with E-state index in [9.17, 15) is 19.5 Å². The molecule has 10 heteroatoms. The van der Waals surface area contributed by atoms with Crippen molar-refractivity contribution in [2.24, 2.45) is 0 Å². The van der Waals surface area contributed by atoms with Gasteiger partial charge < -0.3 is 24.3 Å². The number of ether oxygens (including phenoxy) is 2. The lowest BCUT2D eigenvalue weighted by Gasteiger charge is -2.32. The summed E-state index contributed by atoms with van der Waals surface area (Å²) in [5.74, 6) is -1.73. The zero-order valence-electron chi connectivity index (χ0n) is 19.1. The van der Waals surface area contributed by atoms with Crippen LogP contribution in [0.15, 0.2) is 40.8 Å². The van der Waals surface area contributed by atoms with E-state index in [0.717, 1.165) is 5.56 Å². The van der Waals surface area contributed by atoms with Crippen LogP contribution < -0.4 is 5.32 Å². The van der Waals surface area contributed by atoms with Crippen LogP contribution >= 0.6 is 0 Å². The third kappa shape index (κ3) is 5.06. The van der Waals surface area contributed by atoms with Gasteiger partial charge in [-0.15, -0.1) is 0 Å². The van der Waals surface area contributed by atoms with Crippen LogP contribution in [0, 0.1) is 6.92 Å². The Balaban J connectivity index is 1.79. The Bertz CT molecular complexity index is 1070. The number of carboxylic acids is 1. The molecule has 1 aromatic carbocycles. The molecule has 0 saturated carbocycles. The summed E-state index contributed by atoms with van der Waals surface area (Å²) in [6.07, 6.45) is 0.192. The average Bonchev–Trinajstić information content (AvgIpc) is 3.26. The van der Waals surface area contributed by atoms with Gasteiger partial charge >= 0.3 is 12.1 Å². The quantitative estimate of drug-likeness (QED) is 0.675. The minimum atomic E-state index is -1.24. The van der Waals surface area contributed by atoms with E-state index in [0.29, 0.717) is 0 Å². The molecule has 176 valence electrons. The maximum atomic E-state index is 13.2. The van der Waals surface area contributed by atoms with Crippen molar-refractivity contribution in [1.82, 2.24) is 15.2 Å². The zero-order valence-corrected chi connectivity index (χ0v) is 19.1. The first-order valence-electron chi connectivity index (χ1n) is 10.4. The van der Waals surface area contributed by atoms with Gasteiger partial charge in [-0.25, -0.2) is 14.6 Å². The minimum absolute atomic E-state index is 0.0443. The molecule has 1 saturated heterocycles. The number of amides is 2. The summed E-state index contributed by atoms with van der Waals surface area (Å²) in [4.78, 5) is 42.7. The molecule has 1 aromatic heterocycles. The molecule has 0 aliphatic carbocycles. The standard InChI is InChI=1S/C23H27N3O7/c1-6-16(20-25-17(21(28)29)13(2)32-20)24-19(27)18-14(3)33-23(4,5)26(18)22(30)31-12-15-10-8-7-9-11-15/h6-11,14,18H,12H2,1-5H3,(H,24,27)(H,28,29)/b16-6-/t14-,18+/m1/s1. The number of rotatable bonds is 6. The number of hydrogen-bond donors (Lipinski definition) is 2. The fourth-order valence-corrected chi connectivity index (χ4v) is 3.74. The Kier molecular flexibility index (Phi) is 6.87. The number of allylic oxidation sites excluding steroid dienone is 1. The lowest BCUT2D eigenvalue weighted by atomic mass is 10.1. The molecule has 1 aliphatic heterocycles. The summed E-state index contributed by atoms with van der Waals surface area (Å²) in [5, 5.41) is 11.9. The van der Waals surface area contributed by atoms with E-state index in [1.807, 2.05) is 30.3 Å². The van der Waals surface area contributed by atoms with Crippen molar-refractivity contribution in [2.75, 3.05) is 0 Å². The number of oxazole rings is 1. The van der Waals surface area contributed by atoms with E-state index < -0.39 is 35.8 Å². The lowest BCUT2D eigenvalue weighted by molar-refractivity contribution is -0.125. The topological polar surface area (TPSA) is 131 Å². The summed E-state index contributed by atoms with van der Waals surface area (Å²) in [6, 6.07) is 8.18. The van der Waals surface area contributed by atoms with Crippen molar-refractivity contribution in [3.63, 3.8) is 0 Å². The van der Waals surface area contributed by atoms with Gasteiger partial charge in [0.2, 0.25) is 11.8 Å². The van der Waals surface area contributed by atoms with E-state index >= 15 is 0 Å². The number of aromatic carboxylic acids is 1. The van der Waals surface area contributed by atoms with Gasteiger partial charge in [0.05, 0.1) is 11.8 Å². The van der Waals surface area contributed by atoms with Crippen LogP contribution in [0.5, 0.6) is 0 Å². The first-order chi connectivity index (χ1) is 15.5. The maximum Gasteiger partial charge on any atom is 0.413 e. The Hall–Kier alpha value is -3.66. The normalized spacial score (nSPS) is 19.9. The number of nitrogens with one attached hydrogen (secondary N) is 1. The summed E-state index contributed by atoms with van der Waals surface area (Å²) in [6.45, 7) is 8.18. The highest BCUT2D eigenvalue weighted by Gasteiger charge is 2.52. The third-order valence-corrected chi connectivity index (χ3v) is 5.22. The minimum Gasteiger partial charge on any atom is -0.476 e.